The minimum absolute atomic E-state index is 0.492. The number of aromatic nitrogens is 1. The predicted octanol–water partition coefficient (Wildman–Crippen LogP) is 2.41. The first-order valence-electron chi connectivity index (χ1n) is 4.62. The maximum absolute atomic E-state index is 5.86. The predicted molar refractivity (Wildman–Crippen MR) is 53.6 cm³/mol. The fraction of sp³-hybridized carbons (Fsp3) is 0.500. The van der Waals surface area contributed by atoms with Gasteiger partial charge in [-0.25, -0.2) is 0 Å². The van der Waals surface area contributed by atoms with Crippen LogP contribution in [0.1, 0.15) is 24.4 Å². The van der Waals surface area contributed by atoms with E-state index in [9.17, 15) is 0 Å². The Balaban J connectivity index is 2.16. The minimum atomic E-state index is 0.492. The zero-order valence-electron chi connectivity index (χ0n) is 7.49. The second-order valence-corrected chi connectivity index (χ2v) is 3.62. The summed E-state index contributed by atoms with van der Waals surface area (Å²) < 4.78 is 0. The second-order valence-electron chi connectivity index (χ2n) is 3.38. The molecule has 1 unspecified atom stereocenters. The number of rotatable bonds is 2. The van der Waals surface area contributed by atoms with Crippen molar-refractivity contribution in [1.29, 1.82) is 0 Å². The van der Waals surface area contributed by atoms with Gasteiger partial charge in [0.25, 0.3) is 0 Å². The number of hydrogen-bond donors (Lipinski definition) is 0. The van der Waals surface area contributed by atoms with Crippen molar-refractivity contribution in [2.45, 2.75) is 18.9 Å². The van der Waals surface area contributed by atoms with Crippen LogP contribution in [0.5, 0.6) is 0 Å². The van der Waals surface area contributed by atoms with Crippen LogP contribution in [-0.2, 0) is 0 Å². The molecule has 2 rings (SSSR count). The van der Waals surface area contributed by atoms with Crippen molar-refractivity contribution in [1.82, 2.24) is 9.88 Å². The molecule has 1 aromatic heterocycles. The Morgan fingerprint density at radius 1 is 1.62 bits per heavy atom. The number of nitrogens with zero attached hydrogens (tertiary/aromatic N) is 2. The Morgan fingerprint density at radius 2 is 2.54 bits per heavy atom. The first kappa shape index (κ1) is 8.97. The molecule has 1 aliphatic heterocycles. The lowest BCUT2D eigenvalue weighted by Crippen LogP contribution is -2.21. The highest BCUT2D eigenvalue weighted by atomic mass is 35.5. The van der Waals surface area contributed by atoms with E-state index in [1.807, 2.05) is 18.5 Å². The molecule has 3 heteroatoms. The van der Waals surface area contributed by atoms with Crippen LogP contribution in [0.3, 0.4) is 0 Å². The molecule has 0 amide bonds. The summed E-state index contributed by atoms with van der Waals surface area (Å²) in [5.74, 6) is 0. The van der Waals surface area contributed by atoms with Crippen LogP contribution in [0.4, 0.5) is 0 Å². The molecule has 1 saturated heterocycles. The average Bonchev–Trinajstić information content (AvgIpc) is 2.67. The third-order valence-electron chi connectivity index (χ3n) is 2.59. The van der Waals surface area contributed by atoms with Gasteiger partial charge < -0.3 is 0 Å². The van der Waals surface area contributed by atoms with E-state index < -0.39 is 0 Å². The molecule has 1 atom stereocenters. The van der Waals surface area contributed by atoms with E-state index in [0.29, 0.717) is 12.0 Å². The molecular formula is C10H13ClN2. The molecule has 2 nitrogen and oxygen atoms in total. The van der Waals surface area contributed by atoms with E-state index in [1.54, 1.807) is 0 Å². The van der Waals surface area contributed by atoms with E-state index >= 15 is 0 Å². The molecular weight excluding hydrogens is 184 g/mol. The summed E-state index contributed by atoms with van der Waals surface area (Å²) in [6.07, 6.45) is 6.20. The van der Waals surface area contributed by atoms with Gasteiger partial charge in [-0.15, -0.1) is 11.6 Å². The molecule has 0 bridgehead atoms. The highest BCUT2D eigenvalue weighted by Gasteiger charge is 2.24. The number of hydrogen-bond acceptors (Lipinski definition) is 2. The Hall–Kier alpha value is -0.600. The molecule has 1 aliphatic rings. The average molecular weight is 197 g/mol. The molecule has 1 aromatic rings. The Bertz CT molecular complexity index is 263. The summed E-state index contributed by atoms with van der Waals surface area (Å²) >= 11 is 5.86. The first-order valence-corrected chi connectivity index (χ1v) is 5.15. The fourth-order valence-electron chi connectivity index (χ4n) is 1.92. The molecule has 0 aliphatic carbocycles. The molecule has 0 N–H and O–H groups in total. The number of likely N-dealkylation sites (tertiary alicyclic amines) is 1. The smallest absolute Gasteiger partial charge is 0.0743 e. The Morgan fingerprint density at radius 3 is 3.23 bits per heavy atom. The zero-order chi connectivity index (χ0) is 9.10. The number of halogens is 1. The van der Waals surface area contributed by atoms with Crippen molar-refractivity contribution >= 4 is 11.6 Å². The van der Waals surface area contributed by atoms with Crippen LogP contribution < -0.4 is 0 Å². The normalized spacial score (nSPS) is 23.6. The minimum Gasteiger partial charge on any atom is -0.283 e. The molecule has 0 saturated carbocycles. The maximum Gasteiger partial charge on any atom is 0.0743 e. The molecule has 0 radical (unpaired) electrons. The lowest BCUT2D eigenvalue weighted by molar-refractivity contribution is 0.300. The van der Waals surface area contributed by atoms with Gasteiger partial charge in [0.1, 0.15) is 0 Å². The van der Waals surface area contributed by atoms with Gasteiger partial charge in [0.05, 0.1) is 6.00 Å². The van der Waals surface area contributed by atoms with Gasteiger partial charge in [0, 0.05) is 18.4 Å². The van der Waals surface area contributed by atoms with E-state index in [2.05, 4.69) is 16.0 Å². The lowest BCUT2D eigenvalue weighted by Gasteiger charge is -2.21. The quantitative estimate of drug-likeness (QED) is 0.534. The van der Waals surface area contributed by atoms with Crippen LogP contribution in [0.25, 0.3) is 0 Å². The van der Waals surface area contributed by atoms with Crippen molar-refractivity contribution in [2.24, 2.45) is 0 Å². The molecule has 0 spiro atoms. The summed E-state index contributed by atoms with van der Waals surface area (Å²) in [6.45, 7) is 1.11. The van der Waals surface area contributed by atoms with E-state index in [-0.39, 0.29) is 0 Å². The van der Waals surface area contributed by atoms with Gasteiger partial charge in [-0.05, 0) is 31.0 Å². The Kier molecular flexibility index (Phi) is 2.81. The van der Waals surface area contributed by atoms with Crippen molar-refractivity contribution < 1.29 is 0 Å². The van der Waals surface area contributed by atoms with Gasteiger partial charge >= 0.3 is 0 Å². The van der Waals surface area contributed by atoms with Crippen molar-refractivity contribution in [2.75, 3.05) is 12.5 Å². The highest BCUT2D eigenvalue weighted by Crippen LogP contribution is 2.31. The van der Waals surface area contributed by atoms with Crippen LogP contribution in [-0.4, -0.2) is 22.4 Å². The van der Waals surface area contributed by atoms with E-state index in [4.69, 9.17) is 11.6 Å². The topological polar surface area (TPSA) is 16.1 Å². The zero-order valence-corrected chi connectivity index (χ0v) is 8.24. The largest absolute Gasteiger partial charge is 0.283 e. The summed E-state index contributed by atoms with van der Waals surface area (Å²) in [4.78, 5) is 6.42. The van der Waals surface area contributed by atoms with E-state index in [0.717, 1.165) is 6.54 Å². The first-order chi connectivity index (χ1) is 6.42. The van der Waals surface area contributed by atoms with Crippen molar-refractivity contribution in [3.05, 3.63) is 30.1 Å². The maximum atomic E-state index is 5.86. The van der Waals surface area contributed by atoms with Crippen LogP contribution in [0.2, 0.25) is 0 Å². The fourth-order valence-corrected chi connectivity index (χ4v) is 2.21. The summed E-state index contributed by atoms with van der Waals surface area (Å²) in [6, 6.07) is 5.23. The molecule has 0 aromatic carbocycles. The summed E-state index contributed by atoms with van der Waals surface area (Å²) in [5, 5.41) is 0. The van der Waals surface area contributed by atoms with Gasteiger partial charge in [0.2, 0.25) is 0 Å². The van der Waals surface area contributed by atoms with Crippen molar-refractivity contribution in [3.63, 3.8) is 0 Å². The summed E-state index contributed by atoms with van der Waals surface area (Å²) in [5.41, 5.74) is 1.29. The van der Waals surface area contributed by atoms with Crippen LogP contribution >= 0.6 is 11.6 Å². The molecule has 13 heavy (non-hydrogen) atoms. The van der Waals surface area contributed by atoms with Crippen molar-refractivity contribution in [3.8, 4) is 0 Å². The van der Waals surface area contributed by atoms with Crippen LogP contribution in [0, 0.1) is 0 Å². The third-order valence-corrected chi connectivity index (χ3v) is 2.89. The standard InChI is InChI=1S/C10H13ClN2/c11-8-13-6-2-4-10(13)9-3-1-5-12-7-9/h1,3,5,7,10H,2,4,6,8H2. The number of alkyl halides is 1. The lowest BCUT2D eigenvalue weighted by atomic mass is 10.1. The third kappa shape index (κ3) is 1.84. The van der Waals surface area contributed by atoms with Crippen LogP contribution in [0.15, 0.2) is 24.5 Å². The highest BCUT2D eigenvalue weighted by molar-refractivity contribution is 6.17. The monoisotopic (exact) mass is 196 g/mol. The van der Waals surface area contributed by atoms with Gasteiger partial charge in [-0.2, -0.15) is 0 Å². The van der Waals surface area contributed by atoms with Gasteiger partial charge in [-0.1, -0.05) is 6.07 Å². The Labute approximate surface area is 83.5 Å². The van der Waals surface area contributed by atoms with E-state index in [1.165, 1.54) is 18.4 Å². The number of pyridine rings is 1. The SMILES string of the molecule is ClCN1CCCC1c1cccnc1. The molecule has 70 valence electrons. The van der Waals surface area contributed by atoms with Gasteiger partial charge in [-0.3, -0.25) is 9.88 Å². The van der Waals surface area contributed by atoms with Gasteiger partial charge in [0.15, 0.2) is 0 Å². The second kappa shape index (κ2) is 4.07. The molecule has 1 fully saturated rings. The summed E-state index contributed by atoms with van der Waals surface area (Å²) in [7, 11) is 0. The molecule has 2 heterocycles.